The number of benzene rings is 1. The summed E-state index contributed by atoms with van der Waals surface area (Å²) in [4.78, 5) is 26.5. The third-order valence-electron chi connectivity index (χ3n) is 7.94. The van der Waals surface area contributed by atoms with Crippen molar-refractivity contribution in [2.45, 2.75) is 25.4 Å². The number of aromatic amines is 2. The Morgan fingerprint density at radius 3 is 2.72 bits per heavy atom. The lowest BCUT2D eigenvalue weighted by Crippen LogP contribution is -2.26. The van der Waals surface area contributed by atoms with Crippen LogP contribution in [0.1, 0.15) is 30.0 Å². The van der Waals surface area contributed by atoms with Crippen molar-refractivity contribution < 1.29 is 4.39 Å². The number of halogens is 1. The molecule has 11 heteroatoms. The second kappa shape index (κ2) is 11.3. The monoisotopic (exact) mass is 576 g/mol. The summed E-state index contributed by atoms with van der Waals surface area (Å²) in [5.74, 6) is 0.174. The van der Waals surface area contributed by atoms with Crippen molar-refractivity contribution in [3.05, 3.63) is 78.0 Å². The molecule has 0 bridgehead atoms. The molecule has 1 saturated heterocycles. The Hall–Kier alpha value is -4.58. The largest absolute Gasteiger partial charge is 0.335 e. The van der Waals surface area contributed by atoms with Crippen molar-refractivity contribution >= 4 is 22.2 Å². The van der Waals surface area contributed by atoms with Gasteiger partial charge in [0.2, 0.25) is 0 Å². The van der Waals surface area contributed by atoms with Gasteiger partial charge in [0, 0.05) is 48.8 Å². The molecule has 4 N–H and O–H groups in total. The van der Waals surface area contributed by atoms with E-state index in [0.717, 1.165) is 47.5 Å². The summed E-state index contributed by atoms with van der Waals surface area (Å²) in [6.07, 6.45) is 7.95. The first kappa shape index (κ1) is 27.3. The maximum Gasteiger partial charge on any atom is 0.178 e. The van der Waals surface area contributed by atoms with Crippen molar-refractivity contribution in [3.63, 3.8) is 0 Å². The summed E-state index contributed by atoms with van der Waals surface area (Å²) in [5.41, 5.74) is 14.7. The van der Waals surface area contributed by atoms with Crippen molar-refractivity contribution in [1.29, 1.82) is 0 Å². The molecular formula is C32H33FN10. The quantitative estimate of drug-likeness (QED) is 0.233. The average molecular weight is 577 g/mol. The molecule has 1 aliphatic rings. The van der Waals surface area contributed by atoms with Gasteiger partial charge in [-0.25, -0.2) is 19.3 Å². The molecule has 43 heavy (non-hydrogen) atoms. The van der Waals surface area contributed by atoms with Crippen LogP contribution in [0.15, 0.2) is 61.1 Å². The van der Waals surface area contributed by atoms with E-state index in [4.69, 9.17) is 15.7 Å². The van der Waals surface area contributed by atoms with E-state index in [9.17, 15) is 4.39 Å². The zero-order valence-electron chi connectivity index (χ0n) is 24.2. The van der Waals surface area contributed by atoms with Crippen LogP contribution in [0.3, 0.4) is 0 Å². The average Bonchev–Trinajstić information content (AvgIpc) is 3.76. The molecular weight excluding hydrogens is 543 g/mol. The highest BCUT2D eigenvalue weighted by Gasteiger charge is 2.19. The molecule has 10 nitrogen and oxygen atoms in total. The number of H-pyrrole nitrogens is 2. The van der Waals surface area contributed by atoms with Gasteiger partial charge >= 0.3 is 0 Å². The Bertz CT molecular complexity index is 1920. The highest BCUT2D eigenvalue weighted by atomic mass is 19.1. The zero-order valence-corrected chi connectivity index (χ0v) is 24.2. The molecule has 0 radical (unpaired) electrons. The van der Waals surface area contributed by atoms with Gasteiger partial charge in [0.15, 0.2) is 17.2 Å². The molecule has 0 aliphatic carbocycles. The van der Waals surface area contributed by atoms with Gasteiger partial charge in [-0.15, -0.1) is 0 Å². The van der Waals surface area contributed by atoms with Gasteiger partial charge < -0.3 is 15.6 Å². The van der Waals surface area contributed by atoms with E-state index >= 15 is 0 Å². The molecule has 1 atom stereocenters. The number of hydrogen-bond acceptors (Lipinski definition) is 8. The summed E-state index contributed by atoms with van der Waals surface area (Å²) in [6, 6.07) is 12.5. The summed E-state index contributed by atoms with van der Waals surface area (Å²) in [5, 5.41) is 7.63. The molecule has 1 aromatic carbocycles. The van der Waals surface area contributed by atoms with E-state index < -0.39 is 0 Å². The number of aromatic nitrogens is 7. The van der Waals surface area contributed by atoms with Crippen LogP contribution >= 0.6 is 0 Å². The van der Waals surface area contributed by atoms with Crippen molar-refractivity contribution in [1.82, 2.24) is 44.9 Å². The topological polar surface area (TPSA) is 129 Å². The number of fused-ring (bicyclic) bond motifs is 2. The van der Waals surface area contributed by atoms with E-state index in [2.05, 4.69) is 36.1 Å². The Labute approximate surface area is 248 Å². The summed E-state index contributed by atoms with van der Waals surface area (Å²) in [7, 11) is 3.89. The van der Waals surface area contributed by atoms with Crippen LogP contribution in [0.4, 0.5) is 4.39 Å². The second-order valence-corrected chi connectivity index (χ2v) is 11.5. The number of pyridine rings is 3. The van der Waals surface area contributed by atoms with Crippen molar-refractivity contribution in [2.24, 2.45) is 5.73 Å². The Balaban J connectivity index is 1.25. The highest BCUT2D eigenvalue weighted by Crippen LogP contribution is 2.32. The minimum Gasteiger partial charge on any atom is -0.335 e. The smallest absolute Gasteiger partial charge is 0.178 e. The predicted molar refractivity (Wildman–Crippen MR) is 165 cm³/mol. The van der Waals surface area contributed by atoms with Crippen LogP contribution in [-0.4, -0.2) is 78.6 Å². The van der Waals surface area contributed by atoms with Gasteiger partial charge in [0.05, 0.1) is 16.7 Å². The first-order chi connectivity index (χ1) is 20.9. The van der Waals surface area contributed by atoms with Crippen LogP contribution in [0.25, 0.3) is 56.1 Å². The fourth-order valence-electron chi connectivity index (χ4n) is 5.88. The fourth-order valence-corrected chi connectivity index (χ4v) is 5.88. The number of hydrogen-bond donors (Lipinski definition) is 3. The van der Waals surface area contributed by atoms with E-state index in [-0.39, 0.29) is 11.9 Å². The Morgan fingerprint density at radius 2 is 1.88 bits per heavy atom. The van der Waals surface area contributed by atoms with Crippen LogP contribution < -0.4 is 5.73 Å². The summed E-state index contributed by atoms with van der Waals surface area (Å²) in [6.45, 7) is 3.75. The van der Waals surface area contributed by atoms with Gasteiger partial charge in [-0.1, -0.05) is 0 Å². The van der Waals surface area contributed by atoms with Crippen LogP contribution in [0.2, 0.25) is 0 Å². The van der Waals surface area contributed by atoms with Crippen molar-refractivity contribution in [2.75, 3.05) is 33.7 Å². The van der Waals surface area contributed by atoms with Crippen LogP contribution in [0, 0.1) is 5.82 Å². The third-order valence-corrected chi connectivity index (χ3v) is 7.94. The summed E-state index contributed by atoms with van der Waals surface area (Å²) >= 11 is 0. The lowest BCUT2D eigenvalue weighted by molar-refractivity contribution is 0.331. The first-order valence-corrected chi connectivity index (χ1v) is 14.5. The Kier molecular flexibility index (Phi) is 7.13. The molecule has 6 aromatic rings. The maximum atomic E-state index is 14.8. The number of likely N-dealkylation sites (N-methyl/N-ethyl adjacent to an activating group) is 1. The molecule has 0 spiro atoms. The number of nitrogens with one attached hydrogen (secondary N) is 2. The highest BCUT2D eigenvalue weighted by molar-refractivity contribution is 5.95. The zero-order chi connectivity index (χ0) is 29.5. The number of nitrogens with zero attached hydrogens (tertiary/aromatic N) is 7. The maximum absolute atomic E-state index is 14.8. The number of likely N-dealkylation sites (tertiary alicyclic amines) is 1. The first-order valence-electron chi connectivity index (χ1n) is 14.5. The molecule has 1 aliphatic heterocycles. The minimum absolute atomic E-state index is 0.328. The second-order valence-electron chi connectivity index (χ2n) is 11.5. The van der Waals surface area contributed by atoms with Crippen LogP contribution in [-0.2, 0) is 6.54 Å². The molecule has 0 saturated carbocycles. The van der Waals surface area contributed by atoms with Gasteiger partial charge in [-0.05, 0) is 99.2 Å². The summed E-state index contributed by atoms with van der Waals surface area (Å²) < 4.78 is 14.8. The van der Waals surface area contributed by atoms with Gasteiger partial charge in [0.1, 0.15) is 11.3 Å². The number of imidazole rings is 1. The minimum atomic E-state index is -0.347. The molecule has 0 amide bonds. The lowest BCUT2D eigenvalue weighted by atomic mass is 9.99. The van der Waals surface area contributed by atoms with E-state index in [1.807, 2.05) is 55.7 Å². The SMILES string of the molecule is CN(C)CC(N)c1cc(F)cc(-c2ccnc3nc(-c4n[nH]c5ccc(-c6cncc(CN7CCCC7)c6)nc45)[nH]c23)c1. The van der Waals surface area contributed by atoms with Crippen LogP contribution in [0.5, 0.6) is 0 Å². The van der Waals surface area contributed by atoms with E-state index in [1.165, 1.54) is 30.5 Å². The van der Waals surface area contributed by atoms with Gasteiger partial charge in [0.25, 0.3) is 0 Å². The molecule has 7 rings (SSSR count). The number of rotatable bonds is 8. The lowest BCUT2D eigenvalue weighted by Gasteiger charge is -2.18. The van der Waals surface area contributed by atoms with Gasteiger partial charge in [-0.3, -0.25) is 15.0 Å². The number of nitrogens with two attached hydrogens (primary N) is 1. The normalized spacial score (nSPS) is 14.8. The fraction of sp³-hybridized carbons (Fsp3) is 0.281. The molecule has 218 valence electrons. The molecule has 6 heterocycles. The predicted octanol–water partition coefficient (Wildman–Crippen LogP) is 4.92. The van der Waals surface area contributed by atoms with Crippen molar-refractivity contribution in [3.8, 4) is 33.9 Å². The third kappa shape index (κ3) is 5.50. The Morgan fingerprint density at radius 1 is 1.02 bits per heavy atom. The standard InChI is InChI=1S/C32H33FN10/c1-42(2)18-25(34)21-12-20(13-23(33)14-21)24-7-8-36-31-28(24)38-32(39-31)30-29-27(40-41-30)6-5-26(37-29)22-11-19(15-35-16-22)17-43-9-3-4-10-43/h5-8,11-16,25H,3-4,9-10,17-18,34H2,1-2H3,(H,40,41)(H,36,38,39). The molecule has 1 unspecified atom stereocenters. The molecule has 5 aromatic heterocycles. The molecule has 1 fully saturated rings. The van der Waals surface area contributed by atoms with Gasteiger partial charge in [-0.2, -0.15) is 5.10 Å². The van der Waals surface area contributed by atoms with E-state index in [1.54, 1.807) is 6.20 Å². The van der Waals surface area contributed by atoms with E-state index in [0.29, 0.717) is 40.3 Å².